The maximum atomic E-state index is 12.9. The fourth-order valence-corrected chi connectivity index (χ4v) is 3.46. The maximum absolute atomic E-state index is 12.9. The number of anilines is 1. The van der Waals surface area contributed by atoms with Crippen LogP contribution in [-0.2, 0) is 19.1 Å². The molecule has 0 saturated carbocycles. The average molecular weight is 346 g/mol. The number of nitrogens with zero attached hydrogens (tertiary/aromatic N) is 2. The Kier molecular flexibility index (Phi) is 5.03. The Hall–Kier alpha value is -2.41. The number of carbonyl (C=O) groups is 3. The number of para-hydroxylation sites is 1. The molecular formula is C18H22N2O5. The molecule has 0 aliphatic carbocycles. The van der Waals surface area contributed by atoms with Gasteiger partial charge in [-0.1, -0.05) is 18.2 Å². The average Bonchev–Trinajstić information content (AvgIpc) is 3.12. The third kappa shape index (κ3) is 3.51. The van der Waals surface area contributed by atoms with Crippen molar-refractivity contribution in [3.8, 4) is 0 Å². The van der Waals surface area contributed by atoms with Gasteiger partial charge in [0.05, 0.1) is 0 Å². The van der Waals surface area contributed by atoms with E-state index in [1.54, 1.807) is 11.9 Å². The van der Waals surface area contributed by atoms with Gasteiger partial charge in [0.2, 0.25) is 5.91 Å². The van der Waals surface area contributed by atoms with E-state index in [0.717, 1.165) is 12.1 Å². The van der Waals surface area contributed by atoms with E-state index in [1.807, 2.05) is 30.3 Å². The number of hydrogen-bond donors (Lipinski definition) is 1. The zero-order chi connectivity index (χ0) is 18.0. The van der Waals surface area contributed by atoms with Crippen LogP contribution >= 0.6 is 0 Å². The molecule has 1 N–H and O–H groups in total. The van der Waals surface area contributed by atoms with Crippen LogP contribution in [0.4, 0.5) is 5.69 Å². The summed E-state index contributed by atoms with van der Waals surface area (Å²) in [5.41, 5.74) is 0.820. The molecule has 25 heavy (non-hydrogen) atoms. The second kappa shape index (κ2) is 7.23. The van der Waals surface area contributed by atoms with Crippen LogP contribution in [0.5, 0.6) is 0 Å². The van der Waals surface area contributed by atoms with Crippen molar-refractivity contribution < 1.29 is 24.2 Å². The van der Waals surface area contributed by atoms with Crippen molar-refractivity contribution in [2.75, 3.05) is 18.5 Å². The van der Waals surface area contributed by atoms with Crippen molar-refractivity contribution >= 4 is 23.5 Å². The summed E-state index contributed by atoms with van der Waals surface area (Å²) >= 11 is 0. The van der Waals surface area contributed by atoms with E-state index in [1.165, 1.54) is 4.90 Å². The lowest BCUT2D eigenvalue weighted by atomic mass is 10.0. The van der Waals surface area contributed by atoms with Crippen molar-refractivity contribution in [3.05, 3.63) is 30.3 Å². The first kappa shape index (κ1) is 17.4. The van der Waals surface area contributed by atoms with E-state index < -0.39 is 24.2 Å². The monoisotopic (exact) mass is 346 g/mol. The summed E-state index contributed by atoms with van der Waals surface area (Å²) in [4.78, 5) is 39.6. The van der Waals surface area contributed by atoms with Gasteiger partial charge in [-0.05, 0) is 37.8 Å². The van der Waals surface area contributed by atoms with E-state index in [2.05, 4.69) is 0 Å². The summed E-state index contributed by atoms with van der Waals surface area (Å²) in [6.07, 6.45) is 0.347. The molecule has 3 rings (SSSR count). The molecular weight excluding hydrogens is 324 g/mol. The lowest BCUT2D eigenvalue weighted by molar-refractivity contribution is -0.156. The highest BCUT2D eigenvalue weighted by molar-refractivity contribution is 6.00. The van der Waals surface area contributed by atoms with Crippen molar-refractivity contribution in [1.82, 2.24) is 4.90 Å². The molecule has 0 aromatic heterocycles. The second-order valence-electron chi connectivity index (χ2n) is 6.46. The van der Waals surface area contributed by atoms with Crippen LogP contribution in [0.2, 0.25) is 0 Å². The highest BCUT2D eigenvalue weighted by Crippen LogP contribution is 2.26. The second-order valence-corrected chi connectivity index (χ2v) is 6.46. The van der Waals surface area contributed by atoms with Gasteiger partial charge in [-0.2, -0.15) is 0 Å². The Balaban J connectivity index is 1.69. The summed E-state index contributed by atoms with van der Waals surface area (Å²) in [7, 11) is 1.59. The van der Waals surface area contributed by atoms with Gasteiger partial charge >= 0.3 is 5.97 Å². The van der Waals surface area contributed by atoms with Crippen LogP contribution in [-0.4, -0.2) is 59.6 Å². The number of likely N-dealkylation sites (N-methyl/N-ethyl adjacent to an activating group) is 1. The van der Waals surface area contributed by atoms with Gasteiger partial charge in [-0.15, -0.1) is 0 Å². The first-order valence-electron chi connectivity index (χ1n) is 8.50. The van der Waals surface area contributed by atoms with E-state index in [0.29, 0.717) is 25.8 Å². The minimum atomic E-state index is -1.05. The van der Waals surface area contributed by atoms with E-state index in [4.69, 9.17) is 9.84 Å². The number of ether oxygens (including phenoxy) is 1. The lowest BCUT2D eigenvalue weighted by Crippen LogP contribution is -2.54. The molecule has 134 valence electrons. The number of carboxylic acid groups (broad SMARTS) is 1. The number of hydrogen-bond acceptors (Lipinski definition) is 4. The van der Waals surface area contributed by atoms with Crippen LogP contribution in [0.1, 0.15) is 25.7 Å². The molecule has 2 saturated heterocycles. The molecule has 7 nitrogen and oxygen atoms in total. The predicted molar refractivity (Wildman–Crippen MR) is 90.1 cm³/mol. The Morgan fingerprint density at radius 3 is 2.48 bits per heavy atom. The first-order valence-corrected chi connectivity index (χ1v) is 8.50. The fraction of sp³-hybridized carbons (Fsp3) is 0.500. The standard InChI is InChI=1S/C18H22N2O5/c1-19(17(22)14-9-10-15(25-14)18(23)24)13-8-5-11-20(16(13)21)12-6-3-2-4-7-12/h2-4,6-7,13-15H,5,8-11H2,1H3,(H,23,24)/t13?,14-,15+/m0/s1. The highest BCUT2D eigenvalue weighted by atomic mass is 16.5. The molecule has 1 aromatic carbocycles. The summed E-state index contributed by atoms with van der Waals surface area (Å²) < 4.78 is 5.33. The van der Waals surface area contributed by atoms with Crippen LogP contribution in [0, 0.1) is 0 Å². The van der Waals surface area contributed by atoms with E-state index >= 15 is 0 Å². The highest BCUT2D eigenvalue weighted by Gasteiger charge is 2.40. The van der Waals surface area contributed by atoms with Crippen LogP contribution in [0.3, 0.4) is 0 Å². The molecule has 0 spiro atoms. The minimum absolute atomic E-state index is 0.110. The van der Waals surface area contributed by atoms with Crippen molar-refractivity contribution in [2.45, 2.75) is 43.9 Å². The molecule has 0 bridgehead atoms. The SMILES string of the molecule is CN(C(=O)[C@@H]1CC[C@H](C(=O)O)O1)C1CCCN(c2ccccc2)C1=O. The predicted octanol–water partition coefficient (Wildman–Crippen LogP) is 1.27. The minimum Gasteiger partial charge on any atom is -0.479 e. The molecule has 7 heteroatoms. The van der Waals surface area contributed by atoms with Crippen molar-refractivity contribution in [1.29, 1.82) is 0 Å². The van der Waals surface area contributed by atoms with Gasteiger partial charge in [0.25, 0.3) is 5.91 Å². The van der Waals surface area contributed by atoms with Crippen LogP contribution in [0.15, 0.2) is 30.3 Å². The number of rotatable bonds is 4. The number of carboxylic acids is 1. The fourth-order valence-electron chi connectivity index (χ4n) is 3.46. The van der Waals surface area contributed by atoms with Gasteiger partial charge in [0.15, 0.2) is 6.10 Å². The molecule has 2 amide bonds. The summed E-state index contributed by atoms with van der Waals surface area (Å²) in [6, 6.07) is 8.84. The van der Waals surface area contributed by atoms with Gasteiger partial charge in [0, 0.05) is 19.3 Å². The largest absolute Gasteiger partial charge is 0.479 e. The maximum Gasteiger partial charge on any atom is 0.332 e. The Bertz CT molecular complexity index is 663. The van der Waals surface area contributed by atoms with Crippen molar-refractivity contribution in [2.24, 2.45) is 0 Å². The zero-order valence-electron chi connectivity index (χ0n) is 14.1. The van der Waals surface area contributed by atoms with Gasteiger partial charge in [-0.3, -0.25) is 9.59 Å². The summed E-state index contributed by atoms with van der Waals surface area (Å²) in [5, 5.41) is 8.99. The van der Waals surface area contributed by atoms with Crippen molar-refractivity contribution in [3.63, 3.8) is 0 Å². The first-order chi connectivity index (χ1) is 12.0. The van der Waals surface area contributed by atoms with Gasteiger partial charge < -0.3 is 19.6 Å². The quantitative estimate of drug-likeness (QED) is 0.887. The topological polar surface area (TPSA) is 87.2 Å². The van der Waals surface area contributed by atoms with E-state index in [-0.39, 0.29) is 11.8 Å². The normalized spacial score (nSPS) is 26.5. The number of carbonyl (C=O) groups excluding carboxylic acids is 2. The smallest absolute Gasteiger partial charge is 0.332 e. The summed E-state index contributed by atoms with van der Waals surface area (Å²) in [6.45, 7) is 0.627. The van der Waals surface area contributed by atoms with Gasteiger partial charge in [-0.25, -0.2) is 4.79 Å². The Labute approximate surface area is 146 Å². The lowest BCUT2D eigenvalue weighted by Gasteiger charge is -2.37. The molecule has 2 heterocycles. The number of amides is 2. The molecule has 2 aliphatic rings. The summed E-state index contributed by atoms with van der Waals surface area (Å²) in [5.74, 6) is -1.49. The number of benzene rings is 1. The van der Waals surface area contributed by atoms with Gasteiger partial charge in [0.1, 0.15) is 12.1 Å². The Morgan fingerprint density at radius 2 is 1.84 bits per heavy atom. The molecule has 2 fully saturated rings. The molecule has 3 atom stereocenters. The van der Waals surface area contributed by atoms with Crippen LogP contribution < -0.4 is 4.90 Å². The number of piperidine rings is 1. The third-order valence-electron chi connectivity index (χ3n) is 4.86. The Morgan fingerprint density at radius 1 is 1.16 bits per heavy atom. The molecule has 1 aromatic rings. The number of aliphatic carboxylic acids is 1. The third-order valence-corrected chi connectivity index (χ3v) is 4.86. The van der Waals surface area contributed by atoms with Crippen LogP contribution in [0.25, 0.3) is 0 Å². The zero-order valence-corrected chi connectivity index (χ0v) is 14.1. The van der Waals surface area contributed by atoms with E-state index in [9.17, 15) is 14.4 Å². The molecule has 1 unspecified atom stereocenters. The molecule has 0 radical (unpaired) electrons. The molecule has 2 aliphatic heterocycles.